The molecule has 7 heteroatoms. The van der Waals surface area contributed by atoms with Crippen LogP contribution in [-0.4, -0.2) is 26.0 Å². The largest absolute Gasteiger partial charge is 0.465 e. The van der Waals surface area contributed by atoms with Gasteiger partial charge in [0, 0.05) is 18.7 Å². The van der Waals surface area contributed by atoms with Crippen LogP contribution in [0.1, 0.15) is 20.7 Å². The van der Waals surface area contributed by atoms with Gasteiger partial charge in [0.2, 0.25) is 0 Å². The summed E-state index contributed by atoms with van der Waals surface area (Å²) < 4.78 is 10.4. The number of rotatable bonds is 4. The van der Waals surface area contributed by atoms with Crippen molar-refractivity contribution in [3.63, 3.8) is 0 Å². The van der Waals surface area contributed by atoms with Crippen molar-refractivity contribution in [1.82, 2.24) is 0 Å². The van der Waals surface area contributed by atoms with E-state index in [1.54, 1.807) is 19.2 Å². The highest BCUT2D eigenvalue weighted by Crippen LogP contribution is 2.33. The van der Waals surface area contributed by atoms with E-state index in [1.807, 2.05) is 48.5 Å². The van der Waals surface area contributed by atoms with Gasteiger partial charge in [0.25, 0.3) is 5.91 Å². The molecule has 0 spiro atoms. The molecule has 0 saturated carbocycles. The summed E-state index contributed by atoms with van der Waals surface area (Å²) >= 11 is 1.24. The number of carbonyl (C=O) groups excluding carboxylic acids is 2. The van der Waals surface area contributed by atoms with Gasteiger partial charge in [-0.25, -0.2) is 9.59 Å². The third-order valence-corrected chi connectivity index (χ3v) is 5.81. The number of esters is 1. The lowest BCUT2D eigenvalue weighted by Gasteiger charge is -2.15. The monoisotopic (exact) mass is 419 g/mol. The quantitative estimate of drug-likeness (QED) is 0.453. The molecule has 4 aromatic rings. The molecule has 4 rings (SSSR count). The lowest BCUT2D eigenvalue weighted by Crippen LogP contribution is -2.25. The Hall–Kier alpha value is -3.71. The van der Waals surface area contributed by atoms with Gasteiger partial charge < -0.3 is 14.1 Å². The molecule has 150 valence electrons. The van der Waals surface area contributed by atoms with Gasteiger partial charge in [-0.05, 0) is 29.3 Å². The van der Waals surface area contributed by atoms with Crippen molar-refractivity contribution in [1.29, 1.82) is 0 Å². The van der Waals surface area contributed by atoms with Crippen LogP contribution < -0.4 is 10.5 Å². The molecule has 0 aliphatic rings. The molecule has 0 saturated heterocycles. The average molecular weight is 419 g/mol. The molecule has 0 atom stereocenters. The maximum Gasteiger partial charge on any atom is 0.351 e. The van der Waals surface area contributed by atoms with Gasteiger partial charge in [-0.1, -0.05) is 42.5 Å². The Morgan fingerprint density at radius 1 is 0.967 bits per heavy atom. The predicted molar refractivity (Wildman–Crippen MR) is 116 cm³/mol. The van der Waals surface area contributed by atoms with Crippen LogP contribution in [0.3, 0.4) is 0 Å². The van der Waals surface area contributed by atoms with E-state index in [1.165, 1.54) is 29.4 Å². The standard InChI is InChI=1S/C23H17NO5S/c1-24(20-13-18-19(30-20)12-17(22(26)28-2)23(27)29-18)21(25)16-10-6-9-15(11-16)14-7-4-3-5-8-14/h3-13H,1-2H3. The molecular weight excluding hydrogens is 402 g/mol. The van der Waals surface area contributed by atoms with Gasteiger partial charge in [0.15, 0.2) is 5.58 Å². The Bertz CT molecular complexity index is 1310. The van der Waals surface area contributed by atoms with Crippen molar-refractivity contribution in [3.8, 4) is 11.1 Å². The van der Waals surface area contributed by atoms with Crippen LogP contribution in [0.15, 0.2) is 75.9 Å². The molecule has 2 aromatic heterocycles. The first kappa shape index (κ1) is 19.6. The SMILES string of the molecule is COC(=O)c1cc2sc(N(C)C(=O)c3cccc(-c4ccccc4)c3)cc2oc1=O. The minimum Gasteiger partial charge on any atom is -0.465 e. The summed E-state index contributed by atoms with van der Waals surface area (Å²) in [7, 11) is 2.85. The third-order valence-electron chi connectivity index (χ3n) is 4.67. The highest BCUT2D eigenvalue weighted by molar-refractivity contribution is 7.22. The molecular formula is C23H17NO5S. The van der Waals surface area contributed by atoms with Gasteiger partial charge in [-0.3, -0.25) is 4.79 Å². The van der Waals surface area contributed by atoms with Crippen LogP contribution in [0.5, 0.6) is 0 Å². The Balaban J connectivity index is 1.67. The minimum absolute atomic E-state index is 0.178. The van der Waals surface area contributed by atoms with E-state index in [9.17, 15) is 14.4 Å². The summed E-state index contributed by atoms with van der Waals surface area (Å²) in [5.41, 5.74) is 1.86. The van der Waals surface area contributed by atoms with Gasteiger partial charge in [-0.15, -0.1) is 11.3 Å². The number of methoxy groups -OCH3 is 1. The molecule has 2 heterocycles. The summed E-state index contributed by atoms with van der Waals surface area (Å²) in [6.07, 6.45) is 0. The molecule has 0 bridgehead atoms. The Morgan fingerprint density at radius 3 is 2.43 bits per heavy atom. The first-order valence-electron chi connectivity index (χ1n) is 9.07. The summed E-state index contributed by atoms with van der Waals surface area (Å²) in [6.45, 7) is 0. The number of ether oxygens (including phenoxy) is 1. The second-order valence-electron chi connectivity index (χ2n) is 6.56. The van der Waals surface area contributed by atoms with Crippen LogP contribution >= 0.6 is 11.3 Å². The predicted octanol–water partition coefficient (Wildman–Crippen LogP) is 4.58. The number of amides is 1. The minimum atomic E-state index is -0.775. The van der Waals surface area contributed by atoms with Crippen molar-refractivity contribution in [2.75, 3.05) is 19.1 Å². The first-order chi connectivity index (χ1) is 14.5. The lowest BCUT2D eigenvalue weighted by molar-refractivity contribution is 0.0596. The molecule has 30 heavy (non-hydrogen) atoms. The zero-order chi connectivity index (χ0) is 21.3. The van der Waals surface area contributed by atoms with Crippen LogP contribution in [-0.2, 0) is 4.74 Å². The van der Waals surface area contributed by atoms with E-state index in [0.29, 0.717) is 20.8 Å². The molecule has 2 aromatic carbocycles. The van der Waals surface area contributed by atoms with E-state index >= 15 is 0 Å². The normalized spacial score (nSPS) is 10.7. The molecule has 0 N–H and O–H groups in total. The molecule has 0 fully saturated rings. The number of hydrogen-bond acceptors (Lipinski definition) is 6. The summed E-state index contributed by atoms with van der Waals surface area (Å²) in [5.74, 6) is -0.961. The fourth-order valence-corrected chi connectivity index (χ4v) is 4.06. The van der Waals surface area contributed by atoms with E-state index in [4.69, 9.17) is 4.42 Å². The average Bonchev–Trinajstić information content (AvgIpc) is 3.20. The van der Waals surface area contributed by atoms with E-state index in [-0.39, 0.29) is 11.5 Å². The van der Waals surface area contributed by atoms with Crippen molar-refractivity contribution in [3.05, 3.63) is 88.3 Å². The smallest absolute Gasteiger partial charge is 0.351 e. The second kappa shape index (κ2) is 7.96. The van der Waals surface area contributed by atoms with Crippen molar-refractivity contribution in [2.45, 2.75) is 0 Å². The van der Waals surface area contributed by atoms with Gasteiger partial charge in [-0.2, -0.15) is 0 Å². The summed E-state index contributed by atoms with van der Waals surface area (Å²) in [4.78, 5) is 38.3. The number of nitrogens with zero attached hydrogens (tertiary/aromatic N) is 1. The first-order valence-corrected chi connectivity index (χ1v) is 9.89. The Morgan fingerprint density at radius 2 is 1.70 bits per heavy atom. The van der Waals surface area contributed by atoms with Gasteiger partial charge in [0.05, 0.1) is 11.8 Å². The summed E-state index contributed by atoms with van der Waals surface area (Å²) in [5, 5.41) is 0.588. The number of fused-ring (bicyclic) bond motifs is 1. The zero-order valence-electron chi connectivity index (χ0n) is 16.2. The van der Waals surface area contributed by atoms with Crippen LogP contribution in [0.2, 0.25) is 0 Å². The maximum absolute atomic E-state index is 13.1. The molecule has 1 amide bonds. The molecule has 0 radical (unpaired) electrons. The number of benzene rings is 2. The van der Waals surface area contributed by atoms with Crippen LogP contribution in [0.4, 0.5) is 5.00 Å². The Kier molecular flexibility index (Phi) is 5.20. The van der Waals surface area contributed by atoms with Gasteiger partial charge >= 0.3 is 11.6 Å². The van der Waals surface area contributed by atoms with E-state index < -0.39 is 11.6 Å². The maximum atomic E-state index is 13.1. The summed E-state index contributed by atoms with van der Waals surface area (Å²) in [6, 6.07) is 20.2. The van der Waals surface area contributed by atoms with E-state index in [2.05, 4.69) is 4.74 Å². The van der Waals surface area contributed by atoms with E-state index in [0.717, 1.165) is 11.1 Å². The Labute approximate surface area is 175 Å². The van der Waals surface area contributed by atoms with Crippen molar-refractivity contribution >= 4 is 38.5 Å². The van der Waals surface area contributed by atoms with Gasteiger partial charge in [0.1, 0.15) is 10.6 Å². The highest BCUT2D eigenvalue weighted by atomic mass is 32.1. The zero-order valence-corrected chi connectivity index (χ0v) is 17.1. The second-order valence-corrected chi connectivity index (χ2v) is 7.63. The van der Waals surface area contributed by atoms with Crippen molar-refractivity contribution < 1.29 is 18.7 Å². The van der Waals surface area contributed by atoms with Crippen LogP contribution in [0.25, 0.3) is 21.4 Å². The topological polar surface area (TPSA) is 76.8 Å². The molecule has 6 nitrogen and oxygen atoms in total. The number of thiophene rings is 1. The fourth-order valence-electron chi connectivity index (χ4n) is 3.07. The fraction of sp³-hybridized carbons (Fsp3) is 0.0870. The number of hydrogen-bond donors (Lipinski definition) is 0. The van der Waals surface area contributed by atoms with Crippen LogP contribution in [0, 0.1) is 0 Å². The molecule has 0 aliphatic carbocycles. The highest BCUT2D eigenvalue weighted by Gasteiger charge is 2.20. The molecule has 0 unspecified atom stereocenters. The molecule has 0 aliphatic heterocycles. The van der Waals surface area contributed by atoms with Crippen molar-refractivity contribution in [2.24, 2.45) is 0 Å². The lowest BCUT2D eigenvalue weighted by atomic mass is 10.0. The number of anilines is 1. The third kappa shape index (κ3) is 3.62. The number of carbonyl (C=O) groups is 2.